The first-order chi connectivity index (χ1) is 15.0. The van der Waals surface area contributed by atoms with Gasteiger partial charge in [-0.15, -0.1) is 10.2 Å². The van der Waals surface area contributed by atoms with Crippen LogP contribution in [-0.2, 0) is 17.8 Å². The second kappa shape index (κ2) is 7.57. The quantitative estimate of drug-likeness (QED) is 0.507. The van der Waals surface area contributed by atoms with Gasteiger partial charge in [-0.3, -0.25) is 4.79 Å². The third-order valence-corrected chi connectivity index (χ3v) is 5.99. The summed E-state index contributed by atoms with van der Waals surface area (Å²) in [6.45, 7) is 7.17. The molecule has 0 N–H and O–H groups in total. The van der Waals surface area contributed by atoms with Crippen LogP contribution in [0.15, 0.2) is 36.7 Å². The molecule has 0 aliphatic carbocycles. The van der Waals surface area contributed by atoms with Gasteiger partial charge in [-0.05, 0) is 32.8 Å². The number of hydrogen-bond donors (Lipinski definition) is 0. The molecule has 0 saturated heterocycles. The number of amides is 1. The van der Waals surface area contributed by atoms with E-state index >= 15 is 0 Å². The van der Waals surface area contributed by atoms with Crippen molar-refractivity contribution in [3.05, 3.63) is 59.4 Å². The van der Waals surface area contributed by atoms with E-state index in [4.69, 9.17) is 0 Å². The molecule has 0 fully saturated rings. The van der Waals surface area contributed by atoms with Crippen molar-refractivity contribution in [1.82, 2.24) is 39.2 Å². The van der Waals surface area contributed by atoms with Crippen LogP contribution in [-0.4, -0.2) is 51.7 Å². The number of rotatable bonds is 4. The van der Waals surface area contributed by atoms with Gasteiger partial charge in [-0.2, -0.15) is 10.1 Å². The van der Waals surface area contributed by atoms with Crippen molar-refractivity contribution in [2.45, 2.75) is 46.2 Å². The zero-order valence-corrected chi connectivity index (χ0v) is 17.9. The Morgan fingerprint density at radius 3 is 2.77 bits per heavy atom. The minimum Gasteiger partial charge on any atom is -0.333 e. The van der Waals surface area contributed by atoms with Crippen LogP contribution >= 0.6 is 0 Å². The van der Waals surface area contributed by atoms with Gasteiger partial charge in [-0.1, -0.05) is 30.3 Å². The van der Waals surface area contributed by atoms with Crippen LogP contribution in [0.4, 0.5) is 0 Å². The first kappa shape index (κ1) is 19.3. The van der Waals surface area contributed by atoms with Gasteiger partial charge in [0.05, 0.1) is 12.6 Å². The molecular formula is C22H24N8O. The van der Waals surface area contributed by atoms with Crippen molar-refractivity contribution in [2.75, 3.05) is 6.54 Å². The SMILES string of the molecule is Cc1nc2ncnn2c(C)c1CCC(=O)N1Cc2nnc(-c3ccccc3)n2[C@@H](C)C1. The van der Waals surface area contributed by atoms with E-state index in [2.05, 4.69) is 36.8 Å². The Hall–Kier alpha value is -3.62. The molecule has 0 radical (unpaired) electrons. The maximum absolute atomic E-state index is 13.1. The molecule has 4 heterocycles. The molecule has 1 atom stereocenters. The Kier molecular flexibility index (Phi) is 4.72. The van der Waals surface area contributed by atoms with Crippen molar-refractivity contribution in [1.29, 1.82) is 0 Å². The standard InChI is InChI=1S/C22H24N8O/c1-14-11-28(12-19-26-27-21(29(14)19)17-7-5-4-6-8-17)20(31)10-9-18-15(2)25-22-23-13-24-30(22)16(18)3/h4-8,13-14H,9-12H2,1-3H3/t14-/m0/s1. The summed E-state index contributed by atoms with van der Waals surface area (Å²) in [7, 11) is 0. The Morgan fingerprint density at radius 2 is 1.97 bits per heavy atom. The van der Waals surface area contributed by atoms with Crippen LogP contribution in [0.5, 0.6) is 0 Å². The molecule has 158 valence electrons. The van der Waals surface area contributed by atoms with Gasteiger partial charge in [0.2, 0.25) is 5.91 Å². The zero-order valence-electron chi connectivity index (χ0n) is 17.9. The summed E-state index contributed by atoms with van der Waals surface area (Å²) in [6, 6.07) is 10.2. The van der Waals surface area contributed by atoms with E-state index in [0.717, 1.165) is 34.2 Å². The highest BCUT2D eigenvalue weighted by atomic mass is 16.2. The molecule has 0 unspecified atom stereocenters. The number of hydrogen-bond acceptors (Lipinski definition) is 6. The molecule has 4 aromatic rings. The first-order valence-electron chi connectivity index (χ1n) is 10.5. The second-order valence-corrected chi connectivity index (χ2v) is 8.03. The summed E-state index contributed by atoms with van der Waals surface area (Å²) in [4.78, 5) is 23.6. The van der Waals surface area contributed by atoms with Crippen molar-refractivity contribution in [3.8, 4) is 11.4 Å². The van der Waals surface area contributed by atoms with E-state index in [1.165, 1.54) is 6.33 Å². The van der Waals surface area contributed by atoms with Crippen LogP contribution in [0, 0.1) is 13.8 Å². The molecule has 1 aliphatic rings. The second-order valence-electron chi connectivity index (χ2n) is 8.03. The minimum absolute atomic E-state index is 0.106. The molecule has 5 rings (SSSR count). The van der Waals surface area contributed by atoms with E-state index in [9.17, 15) is 4.79 Å². The number of benzene rings is 1. The molecule has 3 aromatic heterocycles. The van der Waals surface area contributed by atoms with Gasteiger partial charge in [0.15, 0.2) is 11.6 Å². The van der Waals surface area contributed by atoms with Crippen LogP contribution in [0.2, 0.25) is 0 Å². The van der Waals surface area contributed by atoms with Gasteiger partial charge in [0.1, 0.15) is 6.33 Å². The van der Waals surface area contributed by atoms with E-state index in [1.807, 2.05) is 49.1 Å². The lowest BCUT2D eigenvalue weighted by atomic mass is 10.1. The molecule has 9 nitrogen and oxygen atoms in total. The van der Waals surface area contributed by atoms with Gasteiger partial charge in [0.25, 0.3) is 5.78 Å². The summed E-state index contributed by atoms with van der Waals surface area (Å²) >= 11 is 0. The number of fused-ring (bicyclic) bond motifs is 2. The number of aromatic nitrogens is 7. The topological polar surface area (TPSA) is 94.1 Å². The number of nitrogens with zero attached hydrogens (tertiary/aromatic N) is 8. The maximum atomic E-state index is 13.1. The zero-order chi connectivity index (χ0) is 21.5. The third-order valence-electron chi connectivity index (χ3n) is 5.99. The van der Waals surface area contributed by atoms with Crippen molar-refractivity contribution < 1.29 is 4.79 Å². The normalized spacial score (nSPS) is 16.0. The molecule has 1 aliphatic heterocycles. The van der Waals surface area contributed by atoms with Crippen LogP contribution in [0.3, 0.4) is 0 Å². The van der Waals surface area contributed by atoms with Gasteiger partial charge in [-0.25, -0.2) is 9.50 Å². The number of carbonyl (C=O) groups is 1. The fourth-order valence-corrected chi connectivity index (χ4v) is 4.41. The molecule has 9 heteroatoms. The molecule has 0 spiro atoms. The lowest BCUT2D eigenvalue weighted by Gasteiger charge is -2.32. The van der Waals surface area contributed by atoms with Crippen molar-refractivity contribution in [3.63, 3.8) is 0 Å². The molecule has 0 saturated carbocycles. The van der Waals surface area contributed by atoms with Crippen molar-refractivity contribution >= 4 is 11.7 Å². The Morgan fingerprint density at radius 1 is 1.16 bits per heavy atom. The average molecular weight is 416 g/mol. The largest absolute Gasteiger partial charge is 0.333 e. The van der Waals surface area contributed by atoms with Crippen molar-refractivity contribution in [2.24, 2.45) is 0 Å². The number of carbonyl (C=O) groups excluding carboxylic acids is 1. The molecule has 1 amide bonds. The van der Waals surface area contributed by atoms with Crippen LogP contribution in [0.25, 0.3) is 17.2 Å². The average Bonchev–Trinajstić information content (AvgIpc) is 3.41. The van der Waals surface area contributed by atoms with E-state index in [0.29, 0.717) is 31.7 Å². The monoisotopic (exact) mass is 416 g/mol. The summed E-state index contributed by atoms with van der Waals surface area (Å²) in [5.41, 5.74) is 3.96. The summed E-state index contributed by atoms with van der Waals surface area (Å²) in [6.07, 6.45) is 2.53. The molecule has 1 aromatic carbocycles. The van der Waals surface area contributed by atoms with Gasteiger partial charge >= 0.3 is 0 Å². The van der Waals surface area contributed by atoms with Gasteiger partial charge < -0.3 is 9.47 Å². The van der Waals surface area contributed by atoms with E-state index in [-0.39, 0.29) is 11.9 Å². The molecular weight excluding hydrogens is 392 g/mol. The predicted octanol–water partition coefficient (Wildman–Crippen LogP) is 2.54. The van der Waals surface area contributed by atoms with E-state index < -0.39 is 0 Å². The third kappa shape index (κ3) is 3.35. The first-order valence-corrected chi connectivity index (χ1v) is 10.5. The lowest BCUT2D eigenvalue weighted by molar-refractivity contribution is -0.133. The summed E-state index contributed by atoms with van der Waals surface area (Å²) < 4.78 is 3.87. The highest BCUT2D eigenvalue weighted by Crippen LogP contribution is 2.28. The summed E-state index contributed by atoms with van der Waals surface area (Å²) in [5.74, 6) is 2.38. The lowest BCUT2D eigenvalue weighted by Crippen LogP contribution is -2.40. The Balaban J connectivity index is 1.33. The molecule has 31 heavy (non-hydrogen) atoms. The minimum atomic E-state index is 0.106. The number of aryl methyl sites for hydroxylation is 2. The molecule has 0 bridgehead atoms. The van der Waals surface area contributed by atoms with Gasteiger partial charge in [0, 0.05) is 29.9 Å². The Bertz CT molecular complexity index is 1260. The fourth-order valence-electron chi connectivity index (χ4n) is 4.41. The van der Waals surface area contributed by atoms with Crippen LogP contribution in [0.1, 0.15) is 42.2 Å². The Labute approximate surface area is 179 Å². The highest BCUT2D eigenvalue weighted by molar-refractivity contribution is 5.76. The smallest absolute Gasteiger partial charge is 0.252 e. The maximum Gasteiger partial charge on any atom is 0.252 e. The van der Waals surface area contributed by atoms with E-state index in [1.54, 1.807) is 4.52 Å². The highest BCUT2D eigenvalue weighted by Gasteiger charge is 2.29. The summed E-state index contributed by atoms with van der Waals surface area (Å²) in [5, 5.41) is 13.0. The fraction of sp³-hybridized carbons (Fsp3) is 0.364. The van der Waals surface area contributed by atoms with Crippen LogP contribution < -0.4 is 0 Å². The predicted molar refractivity (Wildman–Crippen MR) is 114 cm³/mol.